The van der Waals surface area contributed by atoms with Gasteiger partial charge in [0, 0.05) is 45.3 Å². The third-order valence-electron chi connectivity index (χ3n) is 3.71. The van der Waals surface area contributed by atoms with E-state index in [9.17, 15) is 27.3 Å². The lowest BCUT2D eigenvalue weighted by atomic mass is 10.0. The van der Waals surface area contributed by atoms with Gasteiger partial charge in [-0.3, -0.25) is 9.59 Å². The summed E-state index contributed by atoms with van der Waals surface area (Å²) in [6.45, 7) is 5.41. The quantitative estimate of drug-likeness (QED) is 0.379. The maximum Gasteiger partial charge on any atom is 0.531 e. The van der Waals surface area contributed by atoms with Crippen molar-refractivity contribution in [3.63, 3.8) is 0 Å². The van der Waals surface area contributed by atoms with Crippen molar-refractivity contribution in [1.82, 2.24) is 14.7 Å². The van der Waals surface area contributed by atoms with Crippen molar-refractivity contribution < 1.29 is 41.6 Å². The number of phosphoric acid groups is 1. The number of nitrogens with zero attached hydrogens (tertiary/aromatic N) is 3. The van der Waals surface area contributed by atoms with E-state index < -0.39 is 14.2 Å². The van der Waals surface area contributed by atoms with E-state index >= 15 is 0 Å². The van der Waals surface area contributed by atoms with Crippen LogP contribution in [-0.4, -0.2) is 81.7 Å². The fourth-order valence-electron chi connectivity index (χ4n) is 2.41. The number of ketones is 2. The van der Waals surface area contributed by atoms with Crippen LogP contribution in [0.1, 0.15) is 0 Å². The first-order valence-corrected chi connectivity index (χ1v) is 9.12. The van der Waals surface area contributed by atoms with Crippen molar-refractivity contribution in [3.8, 4) is 0 Å². The number of carbonyl (C=O) groups is 2. The molecule has 0 spiro atoms. The van der Waals surface area contributed by atoms with Crippen LogP contribution in [0.5, 0.6) is 0 Å². The second-order valence-corrected chi connectivity index (χ2v) is 7.07. The minimum Gasteiger partial charge on any atom is -0.365 e. The Hall–Kier alpha value is -1.88. The highest BCUT2D eigenvalue weighted by Gasteiger charge is 2.43. The number of allylic oxidation sites excluding steroid dienone is 1. The van der Waals surface area contributed by atoms with Gasteiger partial charge in [-0.15, -0.1) is 13.2 Å². The first-order valence-electron chi connectivity index (χ1n) is 7.59. The summed E-state index contributed by atoms with van der Waals surface area (Å²) in [5.74, 6) is 0.0485. The van der Waals surface area contributed by atoms with Gasteiger partial charge in [0.25, 0.3) is 0 Å². The van der Waals surface area contributed by atoms with Gasteiger partial charge in [-0.2, -0.15) is 4.52 Å². The molecule has 1 aliphatic carbocycles. The molecule has 0 amide bonds. The fourth-order valence-corrected chi connectivity index (χ4v) is 2.68. The molecule has 2 N–H and O–H groups in total. The third kappa shape index (κ3) is 4.85. The molecule has 0 radical (unpaired) electrons. The molecule has 13 heteroatoms. The minimum absolute atomic E-state index is 0.00546. The lowest BCUT2D eigenvalue weighted by Crippen LogP contribution is -2.29. The molecule has 3 heterocycles. The number of phosphoric ester groups is 1. The van der Waals surface area contributed by atoms with Gasteiger partial charge in [0.05, 0.1) is 5.70 Å². The second kappa shape index (κ2) is 6.38. The highest BCUT2D eigenvalue weighted by molar-refractivity contribution is 7.46. The monoisotopic (exact) mass is 397 g/mol. The Labute approximate surface area is 145 Å². The van der Waals surface area contributed by atoms with Gasteiger partial charge >= 0.3 is 14.2 Å². The third-order valence-corrected chi connectivity index (χ3v) is 4.16. The smallest absolute Gasteiger partial charge is 0.365 e. The summed E-state index contributed by atoms with van der Waals surface area (Å²) in [5.41, 5.74) is 1.89. The number of alkyl halides is 3. The number of carbonyl (C=O) groups excluding carboxylic acids is 2. The predicted octanol–water partition coefficient (Wildman–Crippen LogP) is -0.204. The summed E-state index contributed by atoms with van der Waals surface area (Å²) in [7, 11) is -5.41. The van der Waals surface area contributed by atoms with Crippen LogP contribution < -0.4 is 0 Å². The summed E-state index contributed by atoms with van der Waals surface area (Å²) >= 11 is 0. The Balaban J connectivity index is 0.000000188. The molecule has 0 saturated carbocycles. The zero-order chi connectivity index (χ0) is 19.3. The summed E-state index contributed by atoms with van der Waals surface area (Å²) in [4.78, 5) is 45.5. The number of halogens is 3. The van der Waals surface area contributed by atoms with Crippen molar-refractivity contribution >= 4 is 19.4 Å². The number of rotatable bonds is 4. The summed E-state index contributed by atoms with van der Waals surface area (Å²) in [5, 5.41) is 0. The molecule has 9 nitrogen and oxygen atoms in total. The van der Waals surface area contributed by atoms with Crippen molar-refractivity contribution in [3.05, 3.63) is 23.2 Å². The first kappa shape index (κ1) is 18.9. The van der Waals surface area contributed by atoms with E-state index in [1.165, 1.54) is 6.08 Å². The zero-order valence-electron chi connectivity index (χ0n) is 13.3. The summed E-state index contributed by atoms with van der Waals surface area (Å²) < 4.78 is 44.2. The molecule has 4 aliphatic rings. The Morgan fingerprint density at radius 2 is 1.38 bits per heavy atom. The zero-order valence-corrected chi connectivity index (χ0v) is 14.2. The van der Waals surface area contributed by atoms with Gasteiger partial charge in [-0.25, -0.2) is 4.57 Å². The van der Waals surface area contributed by atoms with Crippen molar-refractivity contribution in [1.29, 1.82) is 0 Å². The summed E-state index contributed by atoms with van der Waals surface area (Å²) in [6, 6.07) is 0. The lowest BCUT2D eigenvalue weighted by molar-refractivity contribution is -0.281. The number of hydrogen-bond acceptors (Lipinski definition) is 7. The average Bonchev–Trinajstić information content (AvgIpc) is 3.33. The Morgan fingerprint density at radius 1 is 0.923 bits per heavy atom. The molecular weight excluding hydrogens is 382 g/mol. The van der Waals surface area contributed by atoms with E-state index in [1.807, 2.05) is 14.7 Å². The van der Waals surface area contributed by atoms with Gasteiger partial charge in [0.1, 0.15) is 11.4 Å². The molecule has 4 rings (SSSR count). The molecule has 0 aromatic heterocycles. The minimum atomic E-state index is -5.41. The largest absolute Gasteiger partial charge is 0.531 e. The SMILES string of the molecule is O=C1C=C(N2CC2)C(=O)C(N2CC2)=C1N1CC1.O=P(O)(O)OC(F)(F)F. The molecule has 26 heavy (non-hydrogen) atoms. The topological polar surface area (TPSA) is 110 Å². The summed E-state index contributed by atoms with van der Waals surface area (Å²) in [6.07, 6.45) is -3.75. The molecule has 0 unspecified atom stereocenters. The standard InChI is InChI=1S/C12H13N3O2.CH2F3O4P/c16-9-7-8(13-1-2-13)12(17)11(15-5-6-15)10(9)14-3-4-14;2-1(3,4)8-9(5,6)7/h7H,1-6H2;(H2,5,6,7). The van der Waals surface area contributed by atoms with Gasteiger partial charge < -0.3 is 24.5 Å². The van der Waals surface area contributed by atoms with Crippen LogP contribution in [0.2, 0.25) is 0 Å². The van der Waals surface area contributed by atoms with Crippen molar-refractivity contribution in [2.24, 2.45) is 0 Å². The van der Waals surface area contributed by atoms with E-state index in [4.69, 9.17) is 9.79 Å². The molecule has 3 fully saturated rings. The molecule has 0 bridgehead atoms. The Kier molecular flexibility index (Phi) is 4.63. The molecule has 0 aromatic carbocycles. The Bertz CT molecular complexity index is 747. The molecule has 0 atom stereocenters. The van der Waals surface area contributed by atoms with Gasteiger partial charge in [0.2, 0.25) is 11.6 Å². The van der Waals surface area contributed by atoms with Crippen LogP contribution in [0, 0.1) is 0 Å². The first-order chi connectivity index (χ1) is 12.0. The predicted molar refractivity (Wildman–Crippen MR) is 79.0 cm³/mol. The van der Waals surface area contributed by atoms with Crippen LogP contribution in [0.4, 0.5) is 13.2 Å². The van der Waals surface area contributed by atoms with E-state index in [1.54, 1.807) is 0 Å². The Morgan fingerprint density at radius 3 is 1.73 bits per heavy atom. The van der Waals surface area contributed by atoms with E-state index in [2.05, 4.69) is 4.52 Å². The highest BCUT2D eigenvalue weighted by Crippen LogP contribution is 2.43. The molecule has 3 aliphatic heterocycles. The molecule has 3 saturated heterocycles. The second-order valence-electron chi connectivity index (χ2n) is 5.91. The van der Waals surface area contributed by atoms with Crippen LogP contribution in [0.3, 0.4) is 0 Å². The number of Topliss-reactive ketones (excluding diaryl/α,β-unsaturated/α-hetero) is 1. The lowest BCUT2D eigenvalue weighted by Gasteiger charge is -2.21. The highest BCUT2D eigenvalue weighted by atomic mass is 31.2. The number of hydrogen-bond donors (Lipinski definition) is 2. The maximum atomic E-state index is 12.4. The fraction of sp³-hybridized carbons (Fsp3) is 0.538. The van der Waals surface area contributed by atoms with E-state index in [0.29, 0.717) is 17.1 Å². The van der Waals surface area contributed by atoms with Gasteiger partial charge in [-0.1, -0.05) is 0 Å². The van der Waals surface area contributed by atoms with Gasteiger partial charge in [0.15, 0.2) is 0 Å². The van der Waals surface area contributed by atoms with Crippen molar-refractivity contribution in [2.45, 2.75) is 6.36 Å². The average molecular weight is 397 g/mol. The van der Waals surface area contributed by atoms with Crippen LogP contribution in [0.15, 0.2) is 23.2 Å². The maximum absolute atomic E-state index is 12.4. The molecule has 144 valence electrons. The van der Waals surface area contributed by atoms with E-state index in [0.717, 1.165) is 39.3 Å². The van der Waals surface area contributed by atoms with Crippen LogP contribution in [0.25, 0.3) is 0 Å². The van der Waals surface area contributed by atoms with Crippen LogP contribution >= 0.6 is 7.82 Å². The van der Waals surface area contributed by atoms with Gasteiger partial charge in [-0.05, 0) is 0 Å². The van der Waals surface area contributed by atoms with Crippen LogP contribution in [-0.2, 0) is 18.7 Å². The molecule has 0 aromatic rings. The molecular formula is C13H15F3N3O6P. The van der Waals surface area contributed by atoms with Crippen molar-refractivity contribution in [2.75, 3.05) is 39.3 Å². The van der Waals surface area contributed by atoms with E-state index in [-0.39, 0.29) is 11.6 Å². The normalized spacial score (nSPS) is 22.2.